The molecule has 0 saturated heterocycles. The summed E-state index contributed by atoms with van der Waals surface area (Å²) in [6.07, 6.45) is 5.00. The fourth-order valence-electron chi connectivity index (χ4n) is 3.74. The molecule has 146 valence electrons. The Morgan fingerprint density at radius 3 is 2.82 bits per heavy atom. The Labute approximate surface area is 167 Å². The van der Waals surface area contributed by atoms with Crippen molar-refractivity contribution >= 4 is 40.2 Å². The van der Waals surface area contributed by atoms with E-state index in [2.05, 4.69) is 20.3 Å². The average molecular weight is 401 g/mol. The van der Waals surface area contributed by atoms with Crippen LogP contribution in [0.1, 0.15) is 31.7 Å². The fraction of sp³-hybridized carbons (Fsp3) is 0.368. The number of imidazole rings is 1. The van der Waals surface area contributed by atoms with E-state index in [-0.39, 0.29) is 29.0 Å². The topological polar surface area (TPSA) is 108 Å². The molecule has 1 amide bonds. The Hall–Kier alpha value is -2.87. The minimum atomic E-state index is -0.0273. The van der Waals surface area contributed by atoms with E-state index in [4.69, 9.17) is 22.1 Å². The minimum absolute atomic E-state index is 0.0273. The van der Waals surface area contributed by atoms with E-state index in [0.717, 1.165) is 31.4 Å². The van der Waals surface area contributed by atoms with Crippen molar-refractivity contribution in [3.05, 3.63) is 35.9 Å². The zero-order valence-corrected chi connectivity index (χ0v) is 16.2. The lowest BCUT2D eigenvalue weighted by Gasteiger charge is -2.28. The average Bonchev–Trinajstić information content (AvgIpc) is 3.12. The van der Waals surface area contributed by atoms with Gasteiger partial charge in [0.2, 0.25) is 11.2 Å². The Morgan fingerprint density at radius 1 is 1.29 bits per heavy atom. The first-order chi connectivity index (χ1) is 13.5. The van der Waals surface area contributed by atoms with Crippen LogP contribution < -0.4 is 15.8 Å². The number of amides is 1. The second-order valence-electron chi connectivity index (χ2n) is 6.93. The summed E-state index contributed by atoms with van der Waals surface area (Å²) in [7, 11) is 1.60. The van der Waals surface area contributed by atoms with Gasteiger partial charge in [0.05, 0.1) is 13.4 Å². The standard InChI is InChI=1S/C19H21ClN6O2/c1-28-14-4-2-3-12(9-14)23-18(27)11-5-7-13(8-6-11)26-10-22-15-16(21)24-19(20)25-17(15)26/h2-4,9-11,13H,5-8H2,1H3,(H,23,27)(H2,21,24,25). The second kappa shape index (κ2) is 7.63. The highest BCUT2D eigenvalue weighted by Gasteiger charge is 2.28. The molecule has 3 N–H and O–H groups in total. The molecule has 2 heterocycles. The third-order valence-electron chi connectivity index (χ3n) is 5.22. The lowest BCUT2D eigenvalue weighted by atomic mass is 9.85. The Balaban J connectivity index is 1.42. The quantitative estimate of drug-likeness (QED) is 0.649. The minimum Gasteiger partial charge on any atom is -0.497 e. The molecule has 0 spiro atoms. The number of nitrogen functional groups attached to an aromatic ring is 1. The largest absolute Gasteiger partial charge is 0.497 e. The van der Waals surface area contributed by atoms with Gasteiger partial charge in [-0.3, -0.25) is 4.79 Å². The zero-order valence-electron chi connectivity index (χ0n) is 15.4. The highest BCUT2D eigenvalue weighted by molar-refractivity contribution is 6.28. The van der Waals surface area contributed by atoms with Crippen molar-refractivity contribution in [2.24, 2.45) is 5.92 Å². The van der Waals surface area contributed by atoms with Crippen molar-refractivity contribution in [1.29, 1.82) is 0 Å². The number of hydrogen-bond donors (Lipinski definition) is 2. The number of carbonyl (C=O) groups excluding carboxylic acids is 1. The molecule has 1 aliphatic rings. The molecule has 1 aromatic carbocycles. The number of hydrogen-bond acceptors (Lipinski definition) is 6. The molecule has 4 rings (SSSR count). The molecule has 28 heavy (non-hydrogen) atoms. The van der Waals surface area contributed by atoms with E-state index in [1.54, 1.807) is 13.4 Å². The molecule has 1 fully saturated rings. The number of anilines is 2. The first-order valence-corrected chi connectivity index (χ1v) is 9.53. The SMILES string of the molecule is COc1cccc(NC(=O)C2CCC(n3cnc4c(N)nc(Cl)nc43)CC2)c1. The van der Waals surface area contributed by atoms with Gasteiger partial charge in [-0.1, -0.05) is 6.07 Å². The number of nitrogens with zero attached hydrogens (tertiary/aromatic N) is 4. The Kier molecular flexibility index (Phi) is 5.04. The highest BCUT2D eigenvalue weighted by atomic mass is 35.5. The molecule has 0 bridgehead atoms. The van der Waals surface area contributed by atoms with Gasteiger partial charge in [-0.2, -0.15) is 9.97 Å². The highest BCUT2D eigenvalue weighted by Crippen LogP contribution is 2.35. The van der Waals surface area contributed by atoms with Gasteiger partial charge in [0.1, 0.15) is 11.3 Å². The number of methoxy groups -OCH3 is 1. The first kappa shape index (κ1) is 18.5. The summed E-state index contributed by atoms with van der Waals surface area (Å²) in [5.74, 6) is 1.01. The van der Waals surface area contributed by atoms with Gasteiger partial charge in [-0.05, 0) is 49.4 Å². The van der Waals surface area contributed by atoms with Crippen LogP contribution in [0.25, 0.3) is 11.2 Å². The van der Waals surface area contributed by atoms with Crippen LogP contribution in [0.4, 0.5) is 11.5 Å². The van der Waals surface area contributed by atoms with Crippen LogP contribution in [0.5, 0.6) is 5.75 Å². The summed E-state index contributed by atoms with van der Waals surface area (Å²) in [6, 6.07) is 7.58. The third-order valence-corrected chi connectivity index (χ3v) is 5.39. The van der Waals surface area contributed by atoms with Crippen LogP contribution in [0.2, 0.25) is 5.28 Å². The van der Waals surface area contributed by atoms with Crippen molar-refractivity contribution in [2.45, 2.75) is 31.7 Å². The van der Waals surface area contributed by atoms with Gasteiger partial charge in [0.25, 0.3) is 0 Å². The van der Waals surface area contributed by atoms with Crippen molar-refractivity contribution in [2.75, 3.05) is 18.2 Å². The molecular formula is C19H21ClN6O2. The summed E-state index contributed by atoms with van der Waals surface area (Å²) in [5, 5.41) is 3.10. The van der Waals surface area contributed by atoms with Gasteiger partial charge >= 0.3 is 0 Å². The molecule has 8 nitrogen and oxygen atoms in total. The Morgan fingerprint density at radius 2 is 2.07 bits per heavy atom. The zero-order chi connectivity index (χ0) is 19.7. The maximum Gasteiger partial charge on any atom is 0.227 e. The number of ether oxygens (including phenoxy) is 1. The number of halogens is 1. The van der Waals surface area contributed by atoms with E-state index < -0.39 is 0 Å². The lowest BCUT2D eigenvalue weighted by Crippen LogP contribution is -2.28. The van der Waals surface area contributed by atoms with Crippen molar-refractivity contribution < 1.29 is 9.53 Å². The maximum absolute atomic E-state index is 12.6. The van der Waals surface area contributed by atoms with Gasteiger partial charge in [-0.25, -0.2) is 4.98 Å². The van der Waals surface area contributed by atoms with E-state index in [0.29, 0.717) is 16.9 Å². The summed E-state index contributed by atoms with van der Waals surface area (Å²) in [4.78, 5) is 25.2. The second-order valence-corrected chi connectivity index (χ2v) is 7.27. The van der Waals surface area contributed by atoms with E-state index in [1.807, 2.05) is 28.8 Å². The Bertz CT molecular complexity index is 1010. The van der Waals surface area contributed by atoms with Gasteiger partial charge in [0, 0.05) is 23.7 Å². The van der Waals surface area contributed by atoms with Crippen LogP contribution >= 0.6 is 11.6 Å². The predicted molar refractivity (Wildman–Crippen MR) is 107 cm³/mol. The fourth-order valence-corrected chi connectivity index (χ4v) is 3.91. The summed E-state index contributed by atoms with van der Waals surface area (Å²) >= 11 is 5.95. The molecule has 0 atom stereocenters. The van der Waals surface area contributed by atoms with Crippen molar-refractivity contribution in [3.8, 4) is 5.75 Å². The van der Waals surface area contributed by atoms with Gasteiger partial charge in [0.15, 0.2) is 11.5 Å². The van der Waals surface area contributed by atoms with E-state index >= 15 is 0 Å². The molecule has 1 aliphatic carbocycles. The molecule has 3 aromatic rings. The number of rotatable bonds is 4. The van der Waals surface area contributed by atoms with E-state index in [9.17, 15) is 4.79 Å². The van der Waals surface area contributed by atoms with Gasteiger partial charge < -0.3 is 20.4 Å². The molecule has 0 unspecified atom stereocenters. The number of carbonyl (C=O) groups is 1. The van der Waals surface area contributed by atoms with Crippen LogP contribution in [-0.2, 0) is 4.79 Å². The third kappa shape index (κ3) is 3.60. The molecule has 9 heteroatoms. The normalized spacial score (nSPS) is 19.5. The molecule has 2 aromatic heterocycles. The van der Waals surface area contributed by atoms with Crippen LogP contribution in [0.15, 0.2) is 30.6 Å². The summed E-state index contributed by atoms with van der Waals surface area (Å²) < 4.78 is 7.20. The summed E-state index contributed by atoms with van der Waals surface area (Å²) in [6.45, 7) is 0. The number of aromatic nitrogens is 4. The van der Waals surface area contributed by atoms with Crippen LogP contribution in [0.3, 0.4) is 0 Å². The lowest BCUT2D eigenvalue weighted by molar-refractivity contribution is -0.120. The maximum atomic E-state index is 12.6. The number of nitrogens with one attached hydrogen (secondary N) is 1. The van der Waals surface area contributed by atoms with E-state index in [1.165, 1.54) is 0 Å². The number of nitrogens with two attached hydrogens (primary N) is 1. The van der Waals surface area contributed by atoms with Crippen molar-refractivity contribution in [1.82, 2.24) is 19.5 Å². The number of fused-ring (bicyclic) bond motifs is 1. The molecular weight excluding hydrogens is 380 g/mol. The monoisotopic (exact) mass is 400 g/mol. The predicted octanol–water partition coefficient (Wildman–Crippen LogP) is 3.44. The molecule has 0 radical (unpaired) electrons. The molecule has 1 saturated carbocycles. The van der Waals surface area contributed by atoms with Crippen LogP contribution in [0, 0.1) is 5.92 Å². The summed E-state index contributed by atoms with van der Waals surface area (Å²) in [5.41, 5.74) is 7.82. The smallest absolute Gasteiger partial charge is 0.227 e. The van der Waals surface area contributed by atoms with Crippen LogP contribution in [-0.4, -0.2) is 32.5 Å². The van der Waals surface area contributed by atoms with Crippen molar-refractivity contribution in [3.63, 3.8) is 0 Å². The molecule has 0 aliphatic heterocycles. The van der Waals surface area contributed by atoms with Gasteiger partial charge in [-0.15, -0.1) is 0 Å². The number of benzene rings is 1. The first-order valence-electron chi connectivity index (χ1n) is 9.15.